The second-order valence-electron chi connectivity index (χ2n) is 4.47. The second-order valence-corrected chi connectivity index (χ2v) is 5.33. The van der Waals surface area contributed by atoms with Crippen molar-refractivity contribution in [3.05, 3.63) is 34.1 Å². The number of rotatable bonds is 2. The van der Waals surface area contributed by atoms with Crippen molar-refractivity contribution in [1.82, 2.24) is 5.32 Å². The fourth-order valence-corrected chi connectivity index (χ4v) is 2.62. The highest BCUT2D eigenvalue weighted by Crippen LogP contribution is 2.20. The topological polar surface area (TPSA) is 38.3 Å². The van der Waals surface area contributed by atoms with E-state index in [1.807, 2.05) is 6.92 Å². The van der Waals surface area contributed by atoms with Gasteiger partial charge in [-0.2, -0.15) is 0 Å². The van der Waals surface area contributed by atoms with Crippen molar-refractivity contribution in [3.8, 4) is 0 Å². The van der Waals surface area contributed by atoms with Gasteiger partial charge in [-0.05, 0) is 47.8 Å². The maximum atomic E-state index is 13.6. The van der Waals surface area contributed by atoms with Crippen molar-refractivity contribution >= 4 is 21.8 Å². The summed E-state index contributed by atoms with van der Waals surface area (Å²) in [6.07, 6.45) is 1.66. The Morgan fingerprint density at radius 1 is 1.56 bits per heavy atom. The van der Waals surface area contributed by atoms with Crippen molar-refractivity contribution in [2.24, 2.45) is 0 Å². The van der Waals surface area contributed by atoms with Gasteiger partial charge >= 0.3 is 0 Å². The van der Waals surface area contributed by atoms with Crippen LogP contribution in [0.25, 0.3) is 0 Å². The van der Waals surface area contributed by atoms with Gasteiger partial charge in [0.1, 0.15) is 5.82 Å². The molecule has 0 spiro atoms. The fraction of sp³-hybridized carbons (Fsp3) is 0.462. The van der Waals surface area contributed by atoms with E-state index in [4.69, 9.17) is 4.74 Å². The van der Waals surface area contributed by atoms with Crippen LogP contribution in [0.1, 0.15) is 30.1 Å². The van der Waals surface area contributed by atoms with Gasteiger partial charge in [-0.3, -0.25) is 4.79 Å². The summed E-state index contributed by atoms with van der Waals surface area (Å²) in [5, 5.41) is 2.86. The first-order valence-corrected chi connectivity index (χ1v) is 6.73. The number of halogens is 2. The summed E-state index contributed by atoms with van der Waals surface area (Å²) >= 11 is 3.20. The van der Waals surface area contributed by atoms with Gasteiger partial charge in [-0.25, -0.2) is 4.39 Å². The van der Waals surface area contributed by atoms with Crippen LogP contribution < -0.4 is 5.32 Å². The summed E-state index contributed by atoms with van der Waals surface area (Å²) in [7, 11) is 0. The Hall–Kier alpha value is -0.940. The molecule has 0 saturated carbocycles. The first-order valence-electron chi connectivity index (χ1n) is 5.94. The van der Waals surface area contributed by atoms with Crippen LogP contribution in [0.4, 0.5) is 4.39 Å². The van der Waals surface area contributed by atoms with E-state index >= 15 is 0 Å². The van der Waals surface area contributed by atoms with Crippen molar-refractivity contribution in [3.63, 3.8) is 0 Å². The molecule has 2 atom stereocenters. The Bertz CT molecular complexity index is 432. The van der Waals surface area contributed by atoms with E-state index in [9.17, 15) is 9.18 Å². The highest BCUT2D eigenvalue weighted by molar-refractivity contribution is 9.10. The number of carbonyl (C=O) groups excluding carboxylic acids is 1. The lowest BCUT2D eigenvalue weighted by Crippen LogP contribution is -2.41. The third kappa shape index (κ3) is 3.09. The molecule has 1 aliphatic rings. The van der Waals surface area contributed by atoms with Crippen molar-refractivity contribution in [1.29, 1.82) is 0 Å². The molecule has 1 fully saturated rings. The summed E-state index contributed by atoms with van der Waals surface area (Å²) in [6, 6.07) is 4.55. The average molecular weight is 316 g/mol. The Morgan fingerprint density at radius 2 is 2.33 bits per heavy atom. The number of benzene rings is 1. The smallest absolute Gasteiger partial charge is 0.255 e. The molecule has 2 rings (SSSR count). The SMILES string of the molecule is CC1CC(NC(=O)c2c(F)cccc2Br)CCO1. The van der Waals surface area contributed by atoms with Crippen molar-refractivity contribution < 1.29 is 13.9 Å². The molecule has 1 aromatic rings. The summed E-state index contributed by atoms with van der Waals surface area (Å²) in [5.74, 6) is -0.888. The number of hydrogen-bond donors (Lipinski definition) is 1. The van der Waals surface area contributed by atoms with Gasteiger partial charge in [0.15, 0.2) is 0 Å². The number of ether oxygens (including phenoxy) is 1. The predicted molar refractivity (Wildman–Crippen MR) is 70.0 cm³/mol. The minimum absolute atomic E-state index is 0.0488. The lowest BCUT2D eigenvalue weighted by Gasteiger charge is -2.28. The molecule has 0 aliphatic carbocycles. The van der Waals surface area contributed by atoms with E-state index in [-0.39, 0.29) is 23.6 Å². The zero-order valence-electron chi connectivity index (χ0n) is 10.1. The van der Waals surface area contributed by atoms with E-state index in [0.29, 0.717) is 11.1 Å². The van der Waals surface area contributed by atoms with E-state index in [2.05, 4.69) is 21.2 Å². The monoisotopic (exact) mass is 315 g/mol. The molecule has 5 heteroatoms. The average Bonchev–Trinajstić information content (AvgIpc) is 2.28. The van der Waals surface area contributed by atoms with Crippen LogP contribution in [0.15, 0.2) is 22.7 Å². The van der Waals surface area contributed by atoms with Crippen LogP contribution in [0.2, 0.25) is 0 Å². The predicted octanol–water partition coefficient (Wildman–Crippen LogP) is 2.89. The molecule has 2 unspecified atom stereocenters. The molecule has 98 valence electrons. The van der Waals surface area contributed by atoms with Gasteiger partial charge in [0, 0.05) is 17.1 Å². The van der Waals surface area contributed by atoms with Crippen molar-refractivity contribution in [2.45, 2.75) is 31.9 Å². The molecule has 0 aromatic heterocycles. The zero-order valence-corrected chi connectivity index (χ0v) is 11.7. The Morgan fingerprint density at radius 3 is 3.00 bits per heavy atom. The lowest BCUT2D eigenvalue weighted by molar-refractivity contribution is 0.0136. The zero-order chi connectivity index (χ0) is 13.1. The summed E-state index contributed by atoms with van der Waals surface area (Å²) < 4.78 is 19.5. The minimum atomic E-state index is -0.512. The molecule has 0 radical (unpaired) electrons. The van der Waals surface area contributed by atoms with Crippen LogP contribution in [-0.4, -0.2) is 24.7 Å². The van der Waals surface area contributed by atoms with Gasteiger partial charge in [-0.15, -0.1) is 0 Å². The number of hydrogen-bond acceptors (Lipinski definition) is 2. The van der Waals surface area contributed by atoms with Crippen LogP contribution in [0, 0.1) is 5.82 Å². The molecular formula is C13H15BrFNO2. The van der Waals surface area contributed by atoms with Crippen molar-refractivity contribution in [2.75, 3.05) is 6.61 Å². The molecule has 1 aromatic carbocycles. The van der Waals surface area contributed by atoms with Crippen LogP contribution in [0.5, 0.6) is 0 Å². The second kappa shape index (κ2) is 5.80. The lowest BCUT2D eigenvalue weighted by atomic mass is 10.0. The molecule has 18 heavy (non-hydrogen) atoms. The number of nitrogens with one attached hydrogen (secondary N) is 1. The van der Waals surface area contributed by atoms with Crippen LogP contribution in [-0.2, 0) is 4.74 Å². The first-order chi connectivity index (χ1) is 8.58. The minimum Gasteiger partial charge on any atom is -0.378 e. The van der Waals surface area contributed by atoms with Crippen LogP contribution >= 0.6 is 15.9 Å². The van der Waals surface area contributed by atoms with E-state index in [1.54, 1.807) is 12.1 Å². The van der Waals surface area contributed by atoms with Gasteiger partial charge in [0.25, 0.3) is 5.91 Å². The van der Waals surface area contributed by atoms with Gasteiger partial charge in [-0.1, -0.05) is 6.07 Å². The Balaban J connectivity index is 2.07. The highest BCUT2D eigenvalue weighted by atomic mass is 79.9. The first kappa shape index (κ1) is 13.5. The largest absolute Gasteiger partial charge is 0.378 e. The third-order valence-corrected chi connectivity index (χ3v) is 3.67. The third-order valence-electron chi connectivity index (χ3n) is 3.01. The molecule has 1 aliphatic heterocycles. The molecule has 1 N–H and O–H groups in total. The van der Waals surface area contributed by atoms with Gasteiger partial charge < -0.3 is 10.1 Å². The highest BCUT2D eigenvalue weighted by Gasteiger charge is 2.23. The summed E-state index contributed by atoms with van der Waals surface area (Å²) in [4.78, 5) is 12.0. The molecular weight excluding hydrogens is 301 g/mol. The standard InChI is InChI=1S/C13H15BrFNO2/c1-8-7-9(5-6-18-8)16-13(17)12-10(14)3-2-4-11(12)15/h2-4,8-9H,5-7H2,1H3,(H,16,17). The number of carbonyl (C=O) groups is 1. The Labute approximate surface area is 114 Å². The molecule has 1 amide bonds. The normalized spacial score (nSPS) is 23.7. The summed E-state index contributed by atoms with van der Waals surface area (Å²) in [5.41, 5.74) is 0.0663. The molecule has 1 heterocycles. The molecule has 1 saturated heterocycles. The van der Waals surface area contributed by atoms with Gasteiger partial charge in [0.2, 0.25) is 0 Å². The quantitative estimate of drug-likeness (QED) is 0.911. The van der Waals surface area contributed by atoms with Gasteiger partial charge in [0.05, 0.1) is 11.7 Å². The molecule has 3 nitrogen and oxygen atoms in total. The maximum absolute atomic E-state index is 13.6. The Kier molecular flexibility index (Phi) is 4.35. The van der Waals surface area contributed by atoms with E-state index in [0.717, 1.165) is 12.8 Å². The van der Waals surface area contributed by atoms with E-state index < -0.39 is 5.82 Å². The summed E-state index contributed by atoms with van der Waals surface area (Å²) in [6.45, 7) is 2.60. The van der Waals surface area contributed by atoms with Crippen LogP contribution in [0.3, 0.4) is 0 Å². The molecule has 0 bridgehead atoms. The number of amides is 1. The fourth-order valence-electron chi connectivity index (χ4n) is 2.10. The van der Waals surface area contributed by atoms with E-state index in [1.165, 1.54) is 6.07 Å². The maximum Gasteiger partial charge on any atom is 0.255 e.